The molecule has 0 atom stereocenters. The molecule has 0 aromatic carbocycles. The molecule has 0 aliphatic rings. The average molecular weight is 308 g/mol. The average Bonchev–Trinajstić information content (AvgIpc) is 2.57. The van der Waals surface area contributed by atoms with E-state index in [1.807, 2.05) is 0 Å². The summed E-state index contributed by atoms with van der Waals surface area (Å²) in [5.41, 5.74) is -1.31. The highest BCUT2D eigenvalue weighted by atomic mass is 32.2. The quantitative estimate of drug-likeness (QED) is 0.649. The zero-order valence-corrected chi connectivity index (χ0v) is 12.7. The maximum atomic E-state index is 11.4. The van der Waals surface area contributed by atoms with E-state index in [2.05, 4.69) is 0 Å². The van der Waals surface area contributed by atoms with Crippen LogP contribution in [-0.2, 0) is 9.84 Å². The molecule has 7 nitrogen and oxygen atoms in total. The smallest absolute Gasteiger partial charge is 0.304 e. The van der Waals surface area contributed by atoms with E-state index in [0.717, 1.165) is 23.7 Å². The van der Waals surface area contributed by atoms with Crippen LogP contribution in [0.3, 0.4) is 0 Å². The second-order valence-corrected chi connectivity index (χ2v) is 8.23. The van der Waals surface area contributed by atoms with Crippen molar-refractivity contribution >= 4 is 31.9 Å². The number of hydrogen-bond acceptors (Lipinski definition) is 7. The van der Waals surface area contributed by atoms with Gasteiger partial charge >= 0.3 is 5.69 Å². The van der Waals surface area contributed by atoms with Gasteiger partial charge in [0.2, 0.25) is 0 Å². The van der Waals surface area contributed by atoms with Gasteiger partial charge < -0.3 is 10.0 Å². The van der Waals surface area contributed by atoms with Crippen LogP contribution in [0.4, 0.5) is 10.7 Å². The van der Waals surface area contributed by atoms with Crippen LogP contribution in [0.2, 0.25) is 0 Å². The first-order valence-corrected chi connectivity index (χ1v) is 8.04. The van der Waals surface area contributed by atoms with Gasteiger partial charge in [-0.25, -0.2) is 8.42 Å². The summed E-state index contributed by atoms with van der Waals surface area (Å²) in [4.78, 5) is 11.8. The molecule has 0 bridgehead atoms. The first kappa shape index (κ1) is 15.9. The number of thiophene rings is 1. The van der Waals surface area contributed by atoms with Gasteiger partial charge in [0.15, 0.2) is 14.8 Å². The SMILES string of the molecule is CN(CC(C)(C)O)c1sc(S(C)(=O)=O)cc1[N+](=O)[O-]. The van der Waals surface area contributed by atoms with E-state index in [1.165, 1.54) is 4.90 Å². The van der Waals surface area contributed by atoms with Gasteiger partial charge in [0.25, 0.3) is 0 Å². The van der Waals surface area contributed by atoms with Crippen LogP contribution in [0.15, 0.2) is 10.3 Å². The number of sulfone groups is 1. The van der Waals surface area contributed by atoms with Gasteiger partial charge in [0.1, 0.15) is 4.21 Å². The van der Waals surface area contributed by atoms with Crippen LogP contribution in [0.5, 0.6) is 0 Å². The van der Waals surface area contributed by atoms with Crippen molar-refractivity contribution < 1.29 is 18.4 Å². The number of anilines is 1. The van der Waals surface area contributed by atoms with Gasteiger partial charge in [-0.15, -0.1) is 0 Å². The molecule has 1 aromatic heterocycles. The molecule has 0 aliphatic heterocycles. The molecule has 0 unspecified atom stereocenters. The van der Waals surface area contributed by atoms with Gasteiger partial charge in [0, 0.05) is 25.9 Å². The fraction of sp³-hybridized carbons (Fsp3) is 0.600. The van der Waals surface area contributed by atoms with E-state index in [-0.39, 0.29) is 21.4 Å². The Hall–Kier alpha value is -1.19. The van der Waals surface area contributed by atoms with E-state index < -0.39 is 20.4 Å². The van der Waals surface area contributed by atoms with E-state index >= 15 is 0 Å². The maximum Gasteiger partial charge on any atom is 0.304 e. The molecule has 0 saturated heterocycles. The van der Waals surface area contributed by atoms with Crippen molar-refractivity contribution in [3.8, 4) is 0 Å². The highest BCUT2D eigenvalue weighted by Gasteiger charge is 2.28. The molecule has 0 radical (unpaired) electrons. The molecular formula is C10H16N2O5S2. The van der Waals surface area contributed by atoms with Crippen LogP contribution >= 0.6 is 11.3 Å². The van der Waals surface area contributed by atoms with Crippen molar-refractivity contribution in [2.75, 3.05) is 24.7 Å². The molecular weight excluding hydrogens is 292 g/mol. The predicted molar refractivity (Wildman–Crippen MR) is 73.7 cm³/mol. The summed E-state index contributed by atoms with van der Waals surface area (Å²) in [7, 11) is -1.92. The lowest BCUT2D eigenvalue weighted by Crippen LogP contribution is -2.36. The minimum atomic E-state index is -3.49. The predicted octanol–water partition coefficient (Wildman–Crippen LogP) is 1.27. The number of nitro groups is 1. The standard InChI is InChI=1S/C10H16N2O5S2/c1-10(2,13)6-11(3)9-7(12(14)15)5-8(18-9)19(4,16)17/h5,13H,6H2,1-4H3. The normalized spacial score (nSPS) is 12.5. The summed E-state index contributed by atoms with van der Waals surface area (Å²) >= 11 is 0.829. The molecule has 0 saturated carbocycles. The Morgan fingerprint density at radius 2 is 2.05 bits per heavy atom. The maximum absolute atomic E-state index is 11.4. The summed E-state index contributed by atoms with van der Waals surface area (Å²) in [5.74, 6) is 0. The highest BCUT2D eigenvalue weighted by Crippen LogP contribution is 2.39. The lowest BCUT2D eigenvalue weighted by Gasteiger charge is -2.25. The van der Waals surface area contributed by atoms with Crippen molar-refractivity contribution in [2.45, 2.75) is 23.7 Å². The van der Waals surface area contributed by atoms with Crippen molar-refractivity contribution in [3.05, 3.63) is 16.2 Å². The highest BCUT2D eigenvalue weighted by molar-refractivity contribution is 7.92. The van der Waals surface area contributed by atoms with Gasteiger partial charge in [-0.2, -0.15) is 0 Å². The van der Waals surface area contributed by atoms with Crippen molar-refractivity contribution in [3.63, 3.8) is 0 Å². The number of aliphatic hydroxyl groups is 1. The summed E-state index contributed by atoms with van der Waals surface area (Å²) in [6.45, 7) is 3.29. The first-order valence-electron chi connectivity index (χ1n) is 5.33. The van der Waals surface area contributed by atoms with E-state index in [1.54, 1.807) is 20.9 Å². The molecule has 0 spiro atoms. The molecule has 19 heavy (non-hydrogen) atoms. The summed E-state index contributed by atoms with van der Waals surface area (Å²) in [6.07, 6.45) is 1.00. The Morgan fingerprint density at radius 3 is 2.42 bits per heavy atom. The minimum Gasteiger partial charge on any atom is -0.389 e. The van der Waals surface area contributed by atoms with E-state index in [0.29, 0.717) is 0 Å². The third-order valence-electron chi connectivity index (χ3n) is 2.20. The zero-order chi connectivity index (χ0) is 15.0. The summed E-state index contributed by atoms with van der Waals surface area (Å²) in [5, 5.41) is 20.9. The Kier molecular flexibility index (Phi) is 4.23. The molecule has 1 rings (SSSR count). The van der Waals surface area contributed by atoms with E-state index in [4.69, 9.17) is 0 Å². The topological polar surface area (TPSA) is 101 Å². The molecule has 0 aliphatic carbocycles. The first-order chi connectivity index (χ1) is 8.42. The summed E-state index contributed by atoms with van der Waals surface area (Å²) < 4.78 is 22.8. The number of hydrogen-bond donors (Lipinski definition) is 1. The van der Waals surface area contributed by atoms with Crippen LogP contribution in [0.1, 0.15) is 13.8 Å². The minimum absolute atomic E-state index is 0.0585. The van der Waals surface area contributed by atoms with Crippen LogP contribution < -0.4 is 4.90 Å². The van der Waals surface area contributed by atoms with Gasteiger partial charge in [0.05, 0.1) is 10.5 Å². The second-order valence-electron chi connectivity index (χ2n) is 4.95. The molecule has 9 heteroatoms. The lowest BCUT2D eigenvalue weighted by atomic mass is 10.1. The van der Waals surface area contributed by atoms with E-state index in [9.17, 15) is 23.6 Å². The largest absolute Gasteiger partial charge is 0.389 e. The van der Waals surface area contributed by atoms with Crippen LogP contribution in [-0.4, -0.2) is 43.9 Å². The number of nitrogens with zero attached hydrogens (tertiary/aromatic N) is 2. The van der Waals surface area contributed by atoms with Crippen molar-refractivity contribution in [1.82, 2.24) is 0 Å². The molecule has 0 fully saturated rings. The fourth-order valence-electron chi connectivity index (χ4n) is 1.59. The monoisotopic (exact) mass is 308 g/mol. The Bertz CT molecular complexity index is 586. The number of likely N-dealkylation sites (N-methyl/N-ethyl adjacent to an activating group) is 1. The number of rotatable bonds is 5. The lowest BCUT2D eigenvalue weighted by molar-refractivity contribution is -0.383. The third-order valence-corrected chi connectivity index (χ3v) is 5.24. The zero-order valence-electron chi connectivity index (χ0n) is 11.1. The Morgan fingerprint density at radius 1 is 1.53 bits per heavy atom. The fourth-order valence-corrected chi connectivity index (χ4v) is 3.58. The van der Waals surface area contributed by atoms with Crippen LogP contribution in [0, 0.1) is 10.1 Å². The molecule has 1 N–H and O–H groups in total. The molecule has 1 aromatic rings. The van der Waals surface area contributed by atoms with Gasteiger partial charge in [-0.3, -0.25) is 10.1 Å². The third kappa shape index (κ3) is 4.15. The van der Waals surface area contributed by atoms with Crippen molar-refractivity contribution in [1.29, 1.82) is 0 Å². The molecule has 0 amide bonds. The van der Waals surface area contributed by atoms with Crippen LogP contribution in [0.25, 0.3) is 0 Å². The second kappa shape index (κ2) is 5.06. The van der Waals surface area contributed by atoms with Gasteiger partial charge in [-0.1, -0.05) is 11.3 Å². The van der Waals surface area contributed by atoms with Crippen molar-refractivity contribution in [2.24, 2.45) is 0 Å². The Labute approximate surface area is 115 Å². The molecule has 108 valence electrons. The Balaban J connectivity index is 3.26. The molecule has 1 heterocycles. The summed E-state index contributed by atoms with van der Waals surface area (Å²) in [6, 6.07) is 1.05. The van der Waals surface area contributed by atoms with Gasteiger partial charge in [-0.05, 0) is 13.8 Å².